The number of rotatable bonds is 4. The summed E-state index contributed by atoms with van der Waals surface area (Å²) in [7, 11) is 0. The van der Waals surface area contributed by atoms with Crippen molar-refractivity contribution in [3.05, 3.63) is 29.8 Å². The van der Waals surface area contributed by atoms with Gasteiger partial charge in [0.25, 0.3) is 0 Å². The molecule has 1 saturated heterocycles. The molecule has 1 heterocycles. The summed E-state index contributed by atoms with van der Waals surface area (Å²) in [6.45, 7) is 12.2. The van der Waals surface area contributed by atoms with Gasteiger partial charge in [0.15, 0.2) is 0 Å². The predicted octanol–water partition coefficient (Wildman–Crippen LogP) is 2.98. The number of nitrogens with zero attached hydrogens (tertiary/aromatic N) is 1. The van der Waals surface area contributed by atoms with Crippen LogP contribution in [0.3, 0.4) is 0 Å². The molecule has 118 valence electrons. The van der Waals surface area contributed by atoms with Gasteiger partial charge in [-0.2, -0.15) is 0 Å². The van der Waals surface area contributed by atoms with E-state index in [1.54, 1.807) is 6.07 Å². The number of phenolic OH excluding ortho intramolecular Hbond substituents is 1. The Balaban J connectivity index is 2.06. The van der Waals surface area contributed by atoms with Gasteiger partial charge in [0, 0.05) is 19.1 Å². The maximum absolute atomic E-state index is 9.75. The molecule has 0 amide bonds. The lowest BCUT2D eigenvalue weighted by Gasteiger charge is -2.46. The summed E-state index contributed by atoms with van der Waals surface area (Å²) < 4.78 is 0. The minimum atomic E-state index is 0.136. The minimum absolute atomic E-state index is 0.136. The van der Waals surface area contributed by atoms with Crippen LogP contribution in [0.2, 0.25) is 0 Å². The molecule has 21 heavy (non-hydrogen) atoms. The van der Waals surface area contributed by atoms with Gasteiger partial charge in [0.2, 0.25) is 0 Å². The van der Waals surface area contributed by atoms with E-state index in [0.29, 0.717) is 17.6 Å². The van der Waals surface area contributed by atoms with Crippen LogP contribution >= 0.6 is 0 Å². The van der Waals surface area contributed by atoms with Gasteiger partial charge in [-0.1, -0.05) is 39.8 Å². The second-order valence-corrected chi connectivity index (χ2v) is 7.29. The van der Waals surface area contributed by atoms with Crippen LogP contribution < -0.4 is 5.73 Å². The Morgan fingerprint density at radius 3 is 2.71 bits per heavy atom. The van der Waals surface area contributed by atoms with E-state index in [1.807, 2.05) is 12.1 Å². The molecule has 0 saturated carbocycles. The lowest BCUT2D eigenvalue weighted by Crippen LogP contribution is -2.51. The van der Waals surface area contributed by atoms with E-state index in [-0.39, 0.29) is 11.5 Å². The summed E-state index contributed by atoms with van der Waals surface area (Å²) in [6, 6.07) is 8.01. The second kappa shape index (κ2) is 6.37. The van der Waals surface area contributed by atoms with Gasteiger partial charge in [-0.15, -0.1) is 0 Å². The van der Waals surface area contributed by atoms with Gasteiger partial charge in [0.1, 0.15) is 5.75 Å². The molecule has 0 aliphatic carbocycles. The first-order valence-electron chi connectivity index (χ1n) is 8.10. The molecule has 1 aliphatic rings. The third kappa shape index (κ3) is 3.58. The van der Waals surface area contributed by atoms with E-state index < -0.39 is 0 Å². The third-order valence-electron chi connectivity index (χ3n) is 5.40. The number of benzene rings is 1. The monoisotopic (exact) mass is 290 g/mol. The summed E-state index contributed by atoms with van der Waals surface area (Å²) in [5.74, 6) is 1.44. The maximum atomic E-state index is 9.75. The van der Waals surface area contributed by atoms with Crippen molar-refractivity contribution in [3.8, 4) is 5.75 Å². The van der Waals surface area contributed by atoms with Crippen LogP contribution in [0.25, 0.3) is 0 Å². The fourth-order valence-electron chi connectivity index (χ4n) is 3.28. The van der Waals surface area contributed by atoms with Crippen molar-refractivity contribution in [1.82, 2.24) is 4.90 Å². The summed E-state index contributed by atoms with van der Waals surface area (Å²) in [5.41, 5.74) is 7.61. The molecule has 2 rings (SSSR count). The number of aromatic hydroxyl groups is 1. The zero-order valence-electron chi connectivity index (χ0n) is 13.8. The van der Waals surface area contributed by atoms with Crippen molar-refractivity contribution in [3.63, 3.8) is 0 Å². The van der Waals surface area contributed by atoms with Gasteiger partial charge < -0.3 is 15.7 Å². The highest BCUT2D eigenvalue weighted by Gasteiger charge is 2.38. The van der Waals surface area contributed by atoms with Crippen LogP contribution in [0.15, 0.2) is 24.3 Å². The molecule has 3 atom stereocenters. The van der Waals surface area contributed by atoms with Crippen LogP contribution in [0.4, 0.5) is 0 Å². The zero-order chi connectivity index (χ0) is 15.6. The van der Waals surface area contributed by atoms with E-state index in [9.17, 15) is 5.11 Å². The van der Waals surface area contributed by atoms with Crippen LogP contribution in [0.1, 0.15) is 39.7 Å². The SMILES string of the molecule is CC(C)[C@H](N)CN1CC[C@](C)(c2cccc(O)c2)[C@H](C)C1. The molecule has 0 aromatic heterocycles. The summed E-state index contributed by atoms with van der Waals surface area (Å²) in [6.07, 6.45) is 1.11. The summed E-state index contributed by atoms with van der Waals surface area (Å²) >= 11 is 0. The van der Waals surface area contributed by atoms with Gasteiger partial charge in [-0.3, -0.25) is 0 Å². The van der Waals surface area contributed by atoms with Crippen molar-refractivity contribution < 1.29 is 5.11 Å². The molecule has 3 N–H and O–H groups in total. The molecule has 0 spiro atoms. The standard InChI is InChI=1S/C18H30N2O/c1-13(2)17(19)12-20-9-8-18(4,14(3)11-20)15-6-5-7-16(21)10-15/h5-7,10,13-14,17,21H,8-9,11-12,19H2,1-4H3/t14-,17-,18+/m1/s1. The van der Waals surface area contributed by atoms with Crippen LogP contribution in [0.5, 0.6) is 5.75 Å². The Labute approximate surface area is 129 Å². The highest BCUT2D eigenvalue weighted by Crippen LogP contribution is 2.40. The second-order valence-electron chi connectivity index (χ2n) is 7.29. The highest BCUT2D eigenvalue weighted by molar-refractivity contribution is 5.33. The third-order valence-corrected chi connectivity index (χ3v) is 5.40. The Hall–Kier alpha value is -1.06. The number of phenols is 1. The number of hydrogen-bond donors (Lipinski definition) is 2. The van der Waals surface area contributed by atoms with Crippen molar-refractivity contribution in [2.24, 2.45) is 17.6 Å². The molecule has 0 bridgehead atoms. The Morgan fingerprint density at radius 2 is 2.14 bits per heavy atom. The van der Waals surface area contributed by atoms with E-state index in [2.05, 4.69) is 38.7 Å². The molecule has 3 heteroatoms. The molecule has 1 aromatic carbocycles. The van der Waals surface area contributed by atoms with Crippen molar-refractivity contribution in [1.29, 1.82) is 0 Å². The lowest BCUT2D eigenvalue weighted by molar-refractivity contribution is 0.101. The topological polar surface area (TPSA) is 49.5 Å². The molecular weight excluding hydrogens is 260 g/mol. The quantitative estimate of drug-likeness (QED) is 0.896. The van der Waals surface area contributed by atoms with Crippen LogP contribution in [0, 0.1) is 11.8 Å². The van der Waals surface area contributed by atoms with Crippen molar-refractivity contribution in [2.75, 3.05) is 19.6 Å². The maximum Gasteiger partial charge on any atom is 0.115 e. The molecular formula is C18H30N2O. The molecule has 0 unspecified atom stereocenters. The van der Waals surface area contributed by atoms with E-state index >= 15 is 0 Å². The van der Waals surface area contributed by atoms with Gasteiger partial charge >= 0.3 is 0 Å². The molecule has 3 nitrogen and oxygen atoms in total. The van der Waals surface area contributed by atoms with Crippen molar-refractivity contribution in [2.45, 2.75) is 45.6 Å². The number of hydrogen-bond acceptors (Lipinski definition) is 3. The Kier molecular flexibility index (Phi) is 4.95. The van der Waals surface area contributed by atoms with E-state index in [4.69, 9.17) is 5.73 Å². The first-order chi connectivity index (χ1) is 9.83. The van der Waals surface area contributed by atoms with Crippen molar-refractivity contribution >= 4 is 0 Å². The first-order valence-corrected chi connectivity index (χ1v) is 8.10. The zero-order valence-corrected chi connectivity index (χ0v) is 13.8. The fourth-order valence-corrected chi connectivity index (χ4v) is 3.28. The Morgan fingerprint density at radius 1 is 1.43 bits per heavy atom. The predicted molar refractivity (Wildman–Crippen MR) is 88.5 cm³/mol. The summed E-state index contributed by atoms with van der Waals surface area (Å²) in [4.78, 5) is 2.50. The summed E-state index contributed by atoms with van der Waals surface area (Å²) in [5, 5.41) is 9.75. The molecule has 1 aliphatic heterocycles. The number of nitrogens with two attached hydrogens (primary N) is 1. The van der Waals surface area contributed by atoms with Gasteiger partial charge in [-0.25, -0.2) is 0 Å². The van der Waals surface area contributed by atoms with Gasteiger partial charge in [-0.05, 0) is 47.9 Å². The molecule has 1 aromatic rings. The average molecular weight is 290 g/mol. The normalized spacial score (nSPS) is 28.8. The first kappa shape index (κ1) is 16.3. The molecule has 1 fully saturated rings. The minimum Gasteiger partial charge on any atom is -0.508 e. The molecule has 0 radical (unpaired) electrons. The van der Waals surface area contributed by atoms with Gasteiger partial charge in [0.05, 0.1) is 0 Å². The van der Waals surface area contributed by atoms with Crippen LogP contribution in [-0.2, 0) is 5.41 Å². The lowest BCUT2D eigenvalue weighted by atomic mass is 9.68. The Bertz CT molecular complexity index is 474. The number of piperidine rings is 1. The van der Waals surface area contributed by atoms with E-state index in [1.165, 1.54) is 5.56 Å². The smallest absolute Gasteiger partial charge is 0.115 e. The largest absolute Gasteiger partial charge is 0.508 e. The average Bonchev–Trinajstić information content (AvgIpc) is 2.43. The van der Waals surface area contributed by atoms with Crippen LogP contribution in [-0.4, -0.2) is 35.7 Å². The number of likely N-dealkylation sites (tertiary alicyclic amines) is 1. The fraction of sp³-hybridized carbons (Fsp3) is 0.667. The highest BCUT2D eigenvalue weighted by atomic mass is 16.3. The van der Waals surface area contributed by atoms with E-state index in [0.717, 1.165) is 26.1 Å².